The van der Waals surface area contributed by atoms with E-state index in [9.17, 15) is 22.4 Å². The highest BCUT2D eigenvalue weighted by molar-refractivity contribution is 5.95. The van der Waals surface area contributed by atoms with E-state index in [4.69, 9.17) is 5.73 Å². The van der Waals surface area contributed by atoms with Crippen LogP contribution in [-0.2, 0) is 0 Å². The summed E-state index contributed by atoms with van der Waals surface area (Å²) in [5.41, 5.74) is 5.35. The van der Waals surface area contributed by atoms with Crippen molar-refractivity contribution in [3.63, 3.8) is 0 Å². The summed E-state index contributed by atoms with van der Waals surface area (Å²) in [7, 11) is 0. The molecule has 1 amide bonds. The molecular weight excluding hydrogens is 288 g/mol. The average molecular weight is 304 g/mol. The van der Waals surface area contributed by atoms with E-state index in [1.165, 1.54) is 12.1 Å². The zero-order valence-corrected chi connectivity index (χ0v) is 11.2. The third-order valence-corrected chi connectivity index (χ3v) is 3.71. The minimum absolute atomic E-state index is 0.0755. The Balaban J connectivity index is 2.02. The minimum atomic E-state index is -4.25. The fraction of sp³-hybridized carbons (Fsp3) is 0.500. The topological polar surface area (TPSA) is 55.1 Å². The Hall–Kier alpha value is -1.79. The first-order valence-electron chi connectivity index (χ1n) is 6.70. The Kier molecular flexibility index (Phi) is 4.39. The Labute approximate surface area is 119 Å². The number of halogens is 4. The first-order valence-corrected chi connectivity index (χ1v) is 6.70. The normalized spacial score (nSPS) is 22.9. The molecule has 3 N–H and O–H groups in total. The van der Waals surface area contributed by atoms with Crippen LogP contribution in [0.5, 0.6) is 0 Å². The Morgan fingerprint density at radius 1 is 1.29 bits per heavy atom. The van der Waals surface area contributed by atoms with Crippen molar-refractivity contribution >= 4 is 11.6 Å². The van der Waals surface area contributed by atoms with Crippen LogP contribution in [0.4, 0.5) is 23.2 Å². The number of hydrogen-bond donors (Lipinski definition) is 2. The Bertz CT molecular complexity index is 530. The van der Waals surface area contributed by atoms with Gasteiger partial charge in [-0.15, -0.1) is 0 Å². The Morgan fingerprint density at radius 2 is 2.00 bits per heavy atom. The van der Waals surface area contributed by atoms with Crippen LogP contribution in [-0.4, -0.2) is 18.1 Å². The first kappa shape index (κ1) is 15.6. The summed E-state index contributed by atoms with van der Waals surface area (Å²) < 4.78 is 51.7. The monoisotopic (exact) mass is 304 g/mol. The highest BCUT2D eigenvalue weighted by Gasteiger charge is 2.42. The molecule has 0 saturated heterocycles. The number of nitrogens with two attached hydrogens (primary N) is 1. The van der Waals surface area contributed by atoms with Crippen LogP contribution in [0.2, 0.25) is 0 Å². The van der Waals surface area contributed by atoms with Crippen molar-refractivity contribution in [2.45, 2.75) is 37.9 Å². The van der Waals surface area contributed by atoms with Gasteiger partial charge in [-0.3, -0.25) is 4.79 Å². The minimum Gasteiger partial charge on any atom is -0.399 e. The van der Waals surface area contributed by atoms with Crippen molar-refractivity contribution < 1.29 is 22.4 Å². The maximum absolute atomic E-state index is 13.6. The number of carbonyl (C=O) groups is 1. The van der Waals surface area contributed by atoms with Gasteiger partial charge in [-0.1, -0.05) is 6.42 Å². The van der Waals surface area contributed by atoms with Gasteiger partial charge in [0.15, 0.2) is 0 Å². The van der Waals surface area contributed by atoms with Gasteiger partial charge >= 0.3 is 6.18 Å². The summed E-state index contributed by atoms with van der Waals surface area (Å²) in [6.45, 7) is 0. The molecular formula is C14H16F4N2O. The number of nitrogen functional groups attached to an aromatic ring is 1. The van der Waals surface area contributed by atoms with Crippen molar-refractivity contribution in [1.29, 1.82) is 0 Å². The van der Waals surface area contributed by atoms with Gasteiger partial charge < -0.3 is 11.1 Å². The van der Waals surface area contributed by atoms with Crippen LogP contribution >= 0.6 is 0 Å². The second kappa shape index (κ2) is 5.91. The van der Waals surface area contributed by atoms with Crippen molar-refractivity contribution in [1.82, 2.24) is 5.32 Å². The second-order valence-electron chi connectivity index (χ2n) is 5.31. The number of nitrogens with one attached hydrogen (secondary N) is 1. The highest BCUT2D eigenvalue weighted by atomic mass is 19.4. The van der Waals surface area contributed by atoms with E-state index >= 15 is 0 Å². The summed E-state index contributed by atoms with van der Waals surface area (Å²) >= 11 is 0. The SMILES string of the molecule is Nc1ccc(C(=O)NC2CCCC(C(F)(F)F)C2)c(F)c1. The first-order chi connectivity index (χ1) is 9.77. The second-order valence-corrected chi connectivity index (χ2v) is 5.31. The zero-order chi connectivity index (χ0) is 15.6. The molecule has 0 spiro atoms. The number of alkyl halides is 3. The van der Waals surface area contributed by atoms with Gasteiger partial charge in [0.1, 0.15) is 5.82 Å². The van der Waals surface area contributed by atoms with Gasteiger partial charge in [-0.2, -0.15) is 13.2 Å². The molecule has 1 aliphatic rings. The maximum atomic E-state index is 13.6. The van der Waals surface area contributed by atoms with Gasteiger partial charge in [0.25, 0.3) is 5.91 Å². The van der Waals surface area contributed by atoms with Crippen LogP contribution in [0.3, 0.4) is 0 Å². The molecule has 0 heterocycles. The van der Waals surface area contributed by atoms with Crippen LogP contribution in [0.15, 0.2) is 18.2 Å². The van der Waals surface area contributed by atoms with Gasteiger partial charge in [-0.05, 0) is 37.5 Å². The van der Waals surface area contributed by atoms with Crippen molar-refractivity contribution in [2.24, 2.45) is 5.92 Å². The number of rotatable bonds is 2. The standard InChI is InChI=1S/C14H16F4N2O/c15-12-7-9(19)4-5-11(12)13(21)20-10-3-1-2-8(6-10)14(16,17)18/h4-5,7-8,10H,1-3,6,19H2,(H,20,21). The van der Waals surface area contributed by atoms with E-state index in [2.05, 4.69) is 5.32 Å². The third kappa shape index (κ3) is 3.86. The van der Waals surface area contributed by atoms with Crippen LogP contribution in [0.25, 0.3) is 0 Å². The predicted octanol–water partition coefficient (Wildman–Crippen LogP) is 3.26. The largest absolute Gasteiger partial charge is 0.399 e. The van der Waals surface area contributed by atoms with Gasteiger partial charge in [0, 0.05) is 11.7 Å². The summed E-state index contributed by atoms with van der Waals surface area (Å²) in [4.78, 5) is 11.9. The fourth-order valence-corrected chi connectivity index (χ4v) is 2.60. The van der Waals surface area contributed by atoms with Crippen molar-refractivity contribution in [3.05, 3.63) is 29.6 Å². The molecule has 0 aromatic heterocycles. The van der Waals surface area contributed by atoms with E-state index in [0.29, 0.717) is 12.8 Å². The molecule has 1 saturated carbocycles. The average Bonchev–Trinajstić information content (AvgIpc) is 2.37. The lowest BCUT2D eigenvalue weighted by Gasteiger charge is -2.31. The number of amides is 1. The smallest absolute Gasteiger partial charge is 0.391 e. The van der Waals surface area contributed by atoms with Crippen LogP contribution < -0.4 is 11.1 Å². The predicted molar refractivity (Wildman–Crippen MR) is 70.1 cm³/mol. The molecule has 3 nitrogen and oxygen atoms in total. The van der Waals surface area contributed by atoms with E-state index in [0.717, 1.165) is 6.07 Å². The van der Waals surface area contributed by atoms with Crippen LogP contribution in [0.1, 0.15) is 36.0 Å². The molecule has 2 atom stereocenters. The fourth-order valence-electron chi connectivity index (χ4n) is 2.60. The number of carbonyl (C=O) groups excluding carboxylic acids is 1. The maximum Gasteiger partial charge on any atom is 0.391 e. The molecule has 0 radical (unpaired) electrons. The molecule has 1 aromatic carbocycles. The molecule has 1 fully saturated rings. The molecule has 1 aromatic rings. The van der Waals surface area contributed by atoms with E-state index in [1.54, 1.807) is 0 Å². The number of benzene rings is 1. The molecule has 1 aliphatic carbocycles. The molecule has 2 unspecified atom stereocenters. The highest BCUT2D eigenvalue weighted by Crippen LogP contribution is 2.37. The molecule has 0 aliphatic heterocycles. The summed E-state index contributed by atoms with van der Waals surface area (Å²) in [5.74, 6) is -2.90. The molecule has 21 heavy (non-hydrogen) atoms. The molecule has 7 heteroatoms. The van der Waals surface area contributed by atoms with Gasteiger partial charge in [0.05, 0.1) is 11.5 Å². The van der Waals surface area contributed by atoms with Gasteiger partial charge in [-0.25, -0.2) is 4.39 Å². The summed E-state index contributed by atoms with van der Waals surface area (Å²) in [5, 5.41) is 2.48. The molecule has 116 valence electrons. The molecule has 2 rings (SSSR count). The van der Waals surface area contributed by atoms with E-state index < -0.39 is 29.9 Å². The number of anilines is 1. The summed E-state index contributed by atoms with van der Waals surface area (Å²) in [6.07, 6.45) is -3.48. The van der Waals surface area contributed by atoms with E-state index in [-0.39, 0.29) is 24.1 Å². The lowest BCUT2D eigenvalue weighted by atomic mass is 9.85. The lowest BCUT2D eigenvalue weighted by molar-refractivity contribution is -0.183. The van der Waals surface area contributed by atoms with Crippen molar-refractivity contribution in [2.75, 3.05) is 5.73 Å². The van der Waals surface area contributed by atoms with Crippen LogP contribution in [0, 0.1) is 11.7 Å². The molecule has 0 bridgehead atoms. The van der Waals surface area contributed by atoms with E-state index in [1.807, 2.05) is 0 Å². The lowest BCUT2D eigenvalue weighted by Crippen LogP contribution is -2.41. The zero-order valence-electron chi connectivity index (χ0n) is 11.2. The third-order valence-electron chi connectivity index (χ3n) is 3.71. The number of hydrogen-bond acceptors (Lipinski definition) is 2. The summed E-state index contributed by atoms with van der Waals surface area (Å²) in [6, 6.07) is 3.02. The van der Waals surface area contributed by atoms with Gasteiger partial charge in [0.2, 0.25) is 0 Å². The Morgan fingerprint density at radius 3 is 2.62 bits per heavy atom. The van der Waals surface area contributed by atoms with Crippen molar-refractivity contribution in [3.8, 4) is 0 Å². The quantitative estimate of drug-likeness (QED) is 0.651.